The molecule has 1 unspecified atom stereocenters. The number of carboxylic acid groups (broad SMARTS) is 2. The fourth-order valence-electron chi connectivity index (χ4n) is 3.70. The first kappa shape index (κ1) is 28.7. The first-order chi connectivity index (χ1) is 16.2. The number of aromatic carboxylic acids is 2. The summed E-state index contributed by atoms with van der Waals surface area (Å²) in [5.41, 5.74) is 1.98. The quantitative estimate of drug-likeness (QED) is 0.289. The molecule has 0 aliphatic rings. The van der Waals surface area contributed by atoms with Gasteiger partial charge in [0.05, 0.1) is 17.7 Å². The molecule has 2 aromatic rings. The van der Waals surface area contributed by atoms with Crippen molar-refractivity contribution >= 4 is 18.1 Å². The van der Waals surface area contributed by atoms with Gasteiger partial charge in [-0.25, -0.2) is 14.4 Å². The summed E-state index contributed by atoms with van der Waals surface area (Å²) in [6.45, 7) is 10.1. The fraction of sp³-hybridized carbons (Fsp3) is 0.444. The Labute approximate surface area is 201 Å². The minimum Gasteiger partial charge on any atom is -0.478 e. The summed E-state index contributed by atoms with van der Waals surface area (Å²) >= 11 is 0. The van der Waals surface area contributed by atoms with E-state index in [0.29, 0.717) is 16.9 Å². The van der Waals surface area contributed by atoms with E-state index in [1.165, 1.54) is 0 Å². The number of benzene rings is 2. The molecule has 1 atom stereocenters. The maximum Gasteiger partial charge on any atom is 0.513 e. The number of carbonyl (C=O) groups excluding carboxylic acids is 1. The van der Waals surface area contributed by atoms with E-state index in [9.17, 15) is 19.5 Å². The van der Waals surface area contributed by atoms with Gasteiger partial charge in [0.25, 0.3) is 0 Å². The molecule has 0 heterocycles. The van der Waals surface area contributed by atoms with Crippen molar-refractivity contribution in [3.63, 3.8) is 0 Å². The van der Waals surface area contributed by atoms with Gasteiger partial charge in [-0.05, 0) is 61.8 Å². The van der Waals surface area contributed by atoms with E-state index in [1.807, 2.05) is 20.8 Å². The fourth-order valence-corrected chi connectivity index (χ4v) is 3.70. The second-order valence-electron chi connectivity index (χ2n) is 8.14. The van der Waals surface area contributed by atoms with Gasteiger partial charge in [-0.15, -0.1) is 0 Å². The Kier molecular flexibility index (Phi) is 12.4. The Morgan fingerprint density at radius 1 is 0.912 bits per heavy atom. The number of hydrogen-bond acceptors (Lipinski definition) is 5. The second-order valence-corrected chi connectivity index (χ2v) is 8.14. The lowest BCUT2D eigenvalue weighted by molar-refractivity contribution is 0.0684. The topological polar surface area (TPSA) is 110 Å². The molecule has 2 N–H and O–H groups in total. The summed E-state index contributed by atoms with van der Waals surface area (Å²) in [6, 6.07) is 11.7. The van der Waals surface area contributed by atoms with Crippen molar-refractivity contribution in [3.8, 4) is 5.75 Å². The summed E-state index contributed by atoms with van der Waals surface area (Å²) in [5.74, 6) is -1.32. The van der Waals surface area contributed by atoms with Gasteiger partial charge in [-0.1, -0.05) is 58.4 Å². The molecule has 0 aromatic heterocycles. The van der Waals surface area contributed by atoms with Gasteiger partial charge in [-0.3, -0.25) is 0 Å². The monoisotopic (exact) mass is 472 g/mol. The lowest BCUT2D eigenvalue weighted by atomic mass is 9.81. The average molecular weight is 473 g/mol. The number of aryl methyl sites for hydroxylation is 1. The summed E-state index contributed by atoms with van der Waals surface area (Å²) < 4.78 is 10.4. The predicted octanol–water partition coefficient (Wildman–Crippen LogP) is 6.80. The maximum atomic E-state index is 12.0. The smallest absolute Gasteiger partial charge is 0.478 e. The van der Waals surface area contributed by atoms with Gasteiger partial charge in [0.15, 0.2) is 0 Å². The molecule has 186 valence electrons. The third kappa shape index (κ3) is 8.54. The zero-order valence-electron chi connectivity index (χ0n) is 20.7. The average Bonchev–Trinajstić information content (AvgIpc) is 2.80. The number of rotatable bonds is 10. The molecule has 0 fully saturated rings. The van der Waals surface area contributed by atoms with Crippen molar-refractivity contribution in [1.29, 1.82) is 0 Å². The summed E-state index contributed by atoms with van der Waals surface area (Å²) in [6.07, 6.45) is 2.63. The molecular formula is C27H36O7. The maximum absolute atomic E-state index is 12.0. The molecule has 0 amide bonds. The van der Waals surface area contributed by atoms with Crippen LogP contribution in [0, 0.1) is 5.92 Å². The summed E-state index contributed by atoms with van der Waals surface area (Å²) in [4.78, 5) is 33.9. The Balaban J connectivity index is 0.000000533. The largest absolute Gasteiger partial charge is 0.513 e. The van der Waals surface area contributed by atoms with Gasteiger partial charge in [0.1, 0.15) is 5.75 Å². The first-order valence-corrected chi connectivity index (χ1v) is 11.7. The van der Waals surface area contributed by atoms with Crippen molar-refractivity contribution in [1.82, 2.24) is 0 Å². The minimum atomic E-state index is -1.01. The van der Waals surface area contributed by atoms with Crippen molar-refractivity contribution in [3.05, 3.63) is 64.7 Å². The number of carboxylic acids is 2. The highest BCUT2D eigenvalue weighted by Gasteiger charge is 2.28. The van der Waals surface area contributed by atoms with Crippen LogP contribution in [0.25, 0.3) is 0 Å². The Bertz CT molecular complexity index is 935. The van der Waals surface area contributed by atoms with E-state index in [4.69, 9.17) is 14.6 Å². The van der Waals surface area contributed by atoms with Gasteiger partial charge < -0.3 is 19.7 Å². The van der Waals surface area contributed by atoms with E-state index < -0.39 is 18.1 Å². The predicted molar refractivity (Wildman–Crippen MR) is 131 cm³/mol. The van der Waals surface area contributed by atoms with Crippen molar-refractivity contribution in [2.45, 2.75) is 66.2 Å². The summed E-state index contributed by atoms with van der Waals surface area (Å²) in [7, 11) is 0. The Morgan fingerprint density at radius 2 is 1.56 bits per heavy atom. The molecule has 7 nitrogen and oxygen atoms in total. The van der Waals surface area contributed by atoms with Gasteiger partial charge in [0, 0.05) is 5.56 Å². The van der Waals surface area contributed by atoms with Crippen LogP contribution in [0.2, 0.25) is 0 Å². The molecule has 0 radical (unpaired) electrons. The molecule has 0 aliphatic heterocycles. The highest BCUT2D eigenvalue weighted by molar-refractivity contribution is 5.91. The number of hydrogen-bond donors (Lipinski definition) is 2. The molecule has 2 rings (SSSR count). The van der Waals surface area contributed by atoms with Gasteiger partial charge in [0.2, 0.25) is 0 Å². The molecule has 0 bridgehead atoms. The van der Waals surface area contributed by atoms with Crippen molar-refractivity contribution in [2.75, 3.05) is 6.61 Å². The highest BCUT2D eigenvalue weighted by atomic mass is 16.7. The van der Waals surface area contributed by atoms with E-state index in [0.717, 1.165) is 31.2 Å². The molecule has 7 heteroatoms. The molecule has 0 spiro atoms. The third-order valence-corrected chi connectivity index (χ3v) is 5.39. The molecule has 34 heavy (non-hydrogen) atoms. The van der Waals surface area contributed by atoms with Crippen LogP contribution in [0.5, 0.6) is 5.75 Å². The van der Waals surface area contributed by atoms with Gasteiger partial charge >= 0.3 is 18.1 Å². The third-order valence-electron chi connectivity index (χ3n) is 5.39. The second kappa shape index (κ2) is 14.7. The molecule has 0 saturated carbocycles. The Morgan fingerprint density at radius 3 is 2.00 bits per heavy atom. The zero-order chi connectivity index (χ0) is 25.7. The highest BCUT2D eigenvalue weighted by Crippen LogP contribution is 2.40. The van der Waals surface area contributed by atoms with Crippen molar-refractivity contribution in [2.24, 2.45) is 5.92 Å². The normalized spacial score (nSPS) is 11.2. The van der Waals surface area contributed by atoms with Crippen LogP contribution >= 0.6 is 0 Å². The van der Waals surface area contributed by atoms with Crippen LogP contribution in [-0.4, -0.2) is 34.9 Å². The van der Waals surface area contributed by atoms with Crippen LogP contribution in [0.15, 0.2) is 42.5 Å². The number of carbonyl (C=O) groups is 3. The SMILES string of the molecule is CCCCc1ccc(C(=O)O)c(C(CC)C(C)C)c1OC(=O)OCC.O=C(O)c1ccccc1. The van der Waals surface area contributed by atoms with Crippen LogP contribution in [-0.2, 0) is 11.2 Å². The van der Waals surface area contributed by atoms with Crippen LogP contribution in [0.4, 0.5) is 4.79 Å². The van der Waals surface area contributed by atoms with Crippen LogP contribution < -0.4 is 4.74 Å². The zero-order valence-corrected chi connectivity index (χ0v) is 20.7. The van der Waals surface area contributed by atoms with E-state index in [1.54, 1.807) is 49.4 Å². The molecular weight excluding hydrogens is 436 g/mol. The molecule has 0 saturated heterocycles. The number of ether oxygens (including phenoxy) is 2. The van der Waals surface area contributed by atoms with Crippen molar-refractivity contribution < 1.29 is 34.1 Å². The lowest BCUT2D eigenvalue weighted by Gasteiger charge is -2.25. The standard InChI is InChI=1S/C20H30O5.C7H6O2/c1-6-9-10-14-11-12-16(19(21)22)17(15(7-2)13(4)5)18(14)25-20(23)24-8-3;8-7(9)6-4-2-1-3-5-6/h11-13,15H,6-10H2,1-5H3,(H,21,22);1-5H,(H,8,9). The lowest BCUT2D eigenvalue weighted by Crippen LogP contribution is -2.18. The molecule has 0 aliphatic carbocycles. The van der Waals surface area contributed by atoms with E-state index >= 15 is 0 Å². The van der Waals surface area contributed by atoms with E-state index in [-0.39, 0.29) is 24.0 Å². The Hall–Kier alpha value is -3.35. The molecule has 2 aromatic carbocycles. The first-order valence-electron chi connectivity index (χ1n) is 11.7. The van der Waals surface area contributed by atoms with Crippen LogP contribution in [0.3, 0.4) is 0 Å². The summed E-state index contributed by atoms with van der Waals surface area (Å²) in [5, 5.41) is 18.0. The number of unbranched alkanes of at least 4 members (excludes halogenated alkanes) is 1. The van der Waals surface area contributed by atoms with Gasteiger partial charge in [-0.2, -0.15) is 0 Å². The minimum absolute atomic E-state index is 0.0166. The van der Waals surface area contributed by atoms with Crippen LogP contribution in [0.1, 0.15) is 91.6 Å². The van der Waals surface area contributed by atoms with E-state index in [2.05, 4.69) is 6.92 Å².